The summed E-state index contributed by atoms with van der Waals surface area (Å²) in [5.41, 5.74) is 7.56. The van der Waals surface area contributed by atoms with Crippen molar-refractivity contribution in [3.63, 3.8) is 0 Å². The third-order valence-electron chi connectivity index (χ3n) is 5.58. The van der Waals surface area contributed by atoms with Gasteiger partial charge in [-0.25, -0.2) is 4.68 Å². The lowest BCUT2D eigenvalue weighted by molar-refractivity contribution is 0.163. The highest BCUT2D eigenvalue weighted by molar-refractivity contribution is 6.40. The van der Waals surface area contributed by atoms with Gasteiger partial charge in [0, 0.05) is 18.1 Å². The van der Waals surface area contributed by atoms with Crippen molar-refractivity contribution in [3.05, 3.63) is 40.7 Å². The van der Waals surface area contributed by atoms with Crippen LogP contribution in [0.2, 0.25) is 11.3 Å². The molecule has 3 rings (SSSR count). The highest BCUT2D eigenvalue weighted by Crippen LogP contribution is 2.23. The van der Waals surface area contributed by atoms with Crippen LogP contribution in [0.25, 0.3) is 0 Å². The van der Waals surface area contributed by atoms with Crippen molar-refractivity contribution in [2.45, 2.75) is 57.6 Å². The number of tetrazole rings is 1. The van der Waals surface area contributed by atoms with Gasteiger partial charge in [0.05, 0.1) is 6.04 Å². The van der Waals surface area contributed by atoms with Gasteiger partial charge in [0.15, 0.2) is 5.82 Å². The van der Waals surface area contributed by atoms with Gasteiger partial charge in [0.1, 0.15) is 0 Å². The summed E-state index contributed by atoms with van der Waals surface area (Å²) < 4.78 is 1.85. The van der Waals surface area contributed by atoms with Crippen molar-refractivity contribution in [3.8, 4) is 0 Å². The summed E-state index contributed by atoms with van der Waals surface area (Å²) >= 11 is 5.96. The molecule has 1 aromatic carbocycles. The summed E-state index contributed by atoms with van der Waals surface area (Å²) in [5, 5.41) is 30.7. The normalized spacial score (nSPS) is 16.3. The van der Waals surface area contributed by atoms with E-state index in [0.717, 1.165) is 69.1 Å². The first kappa shape index (κ1) is 25.0. The molecular formula is C19H31BCl2N6O2. The number of aromatic nitrogens is 4. The van der Waals surface area contributed by atoms with E-state index in [0.29, 0.717) is 12.2 Å². The van der Waals surface area contributed by atoms with Gasteiger partial charge in [0.25, 0.3) is 0 Å². The minimum absolute atomic E-state index is 0. The summed E-state index contributed by atoms with van der Waals surface area (Å²) in [6.07, 6.45) is 4.85. The largest absolute Gasteiger partial charge is 0.451 e. The number of unbranched alkanes of at least 4 members (excludes halogenated alkanes) is 1. The average molecular weight is 457 g/mol. The Labute approximate surface area is 189 Å². The zero-order valence-corrected chi connectivity index (χ0v) is 18.7. The van der Waals surface area contributed by atoms with Gasteiger partial charge in [-0.15, -0.1) is 17.5 Å². The molecule has 30 heavy (non-hydrogen) atoms. The molecule has 0 aliphatic carbocycles. The highest BCUT2D eigenvalue weighted by Gasteiger charge is 2.23. The van der Waals surface area contributed by atoms with E-state index in [2.05, 4.69) is 32.6 Å². The Balaban J connectivity index is 0.00000320. The molecular weight excluding hydrogens is 426 g/mol. The molecule has 1 aromatic heterocycles. The SMILES string of the molecule is Cl.NC(CCCCB(O)O)c1nnnn1CC1CCN(Cc2ccc(Cl)cc2)CC1. The van der Waals surface area contributed by atoms with Gasteiger partial charge in [-0.1, -0.05) is 36.6 Å². The summed E-state index contributed by atoms with van der Waals surface area (Å²) in [4.78, 5) is 2.47. The zero-order valence-electron chi connectivity index (χ0n) is 17.1. The quantitative estimate of drug-likeness (QED) is 0.371. The molecule has 2 heterocycles. The van der Waals surface area contributed by atoms with Crippen molar-refractivity contribution in [1.82, 2.24) is 25.1 Å². The van der Waals surface area contributed by atoms with Crippen LogP contribution in [0.5, 0.6) is 0 Å². The van der Waals surface area contributed by atoms with Crippen molar-refractivity contribution in [2.75, 3.05) is 13.1 Å². The molecule has 0 spiro atoms. The van der Waals surface area contributed by atoms with Gasteiger partial charge in [0.2, 0.25) is 0 Å². The van der Waals surface area contributed by atoms with Crippen LogP contribution in [0.15, 0.2) is 24.3 Å². The smallest absolute Gasteiger partial charge is 0.427 e. The van der Waals surface area contributed by atoms with Crippen LogP contribution in [-0.4, -0.2) is 55.4 Å². The van der Waals surface area contributed by atoms with Crippen LogP contribution in [0.1, 0.15) is 49.5 Å². The number of hydrogen-bond donors (Lipinski definition) is 3. The van der Waals surface area contributed by atoms with E-state index < -0.39 is 7.12 Å². The Kier molecular flexibility index (Phi) is 10.5. The minimum atomic E-state index is -1.25. The molecule has 8 nitrogen and oxygen atoms in total. The van der Waals surface area contributed by atoms with E-state index >= 15 is 0 Å². The molecule has 0 bridgehead atoms. The second-order valence-electron chi connectivity index (χ2n) is 7.94. The molecule has 1 aliphatic rings. The lowest BCUT2D eigenvalue weighted by Gasteiger charge is -2.32. The fourth-order valence-corrected chi connectivity index (χ4v) is 3.97. The second kappa shape index (κ2) is 12.6. The predicted molar refractivity (Wildman–Crippen MR) is 120 cm³/mol. The fraction of sp³-hybridized carbons (Fsp3) is 0.632. The number of halogens is 2. The van der Waals surface area contributed by atoms with Crippen molar-refractivity contribution < 1.29 is 10.0 Å². The van der Waals surface area contributed by atoms with Gasteiger partial charge in [-0.2, -0.15) is 0 Å². The van der Waals surface area contributed by atoms with E-state index in [9.17, 15) is 0 Å². The molecule has 11 heteroatoms. The number of benzene rings is 1. The number of nitrogens with two attached hydrogens (primary N) is 1. The zero-order chi connectivity index (χ0) is 20.6. The second-order valence-corrected chi connectivity index (χ2v) is 8.37. The molecule has 1 aliphatic heterocycles. The van der Waals surface area contributed by atoms with E-state index in [1.807, 2.05) is 16.8 Å². The number of rotatable bonds is 10. The third kappa shape index (κ3) is 7.79. The monoisotopic (exact) mass is 456 g/mol. The molecule has 2 aromatic rings. The van der Waals surface area contributed by atoms with E-state index in [-0.39, 0.29) is 18.4 Å². The Hall–Kier alpha value is -1.23. The molecule has 1 fully saturated rings. The van der Waals surface area contributed by atoms with Crippen LogP contribution in [0.3, 0.4) is 0 Å². The first-order valence-electron chi connectivity index (χ1n) is 10.4. The van der Waals surface area contributed by atoms with E-state index in [1.165, 1.54) is 5.56 Å². The Morgan fingerprint density at radius 3 is 2.53 bits per heavy atom. The van der Waals surface area contributed by atoms with E-state index in [4.69, 9.17) is 27.4 Å². The maximum Gasteiger partial charge on any atom is 0.451 e. The lowest BCUT2D eigenvalue weighted by Crippen LogP contribution is -2.35. The number of piperidine rings is 1. The molecule has 0 radical (unpaired) electrons. The van der Waals surface area contributed by atoms with Crippen LogP contribution in [0, 0.1) is 5.92 Å². The van der Waals surface area contributed by atoms with Gasteiger partial charge < -0.3 is 15.8 Å². The van der Waals surface area contributed by atoms with Gasteiger partial charge >= 0.3 is 7.12 Å². The van der Waals surface area contributed by atoms with Crippen molar-refractivity contribution in [1.29, 1.82) is 0 Å². The van der Waals surface area contributed by atoms with Gasteiger partial charge in [-0.05, 0) is 72.7 Å². The molecule has 0 amide bonds. The fourth-order valence-electron chi connectivity index (χ4n) is 3.85. The Morgan fingerprint density at radius 2 is 1.87 bits per heavy atom. The molecule has 1 saturated heterocycles. The van der Waals surface area contributed by atoms with E-state index in [1.54, 1.807) is 0 Å². The molecule has 1 unspecified atom stereocenters. The maximum absolute atomic E-state index is 8.92. The predicted octanol–water partition coefficient (Wildman–Crippen LogP) is 2.30. The van der Waals surface area contributed by atoms with Crippen LogP contribution >= 0.6 is 24.0 Å². The standard InChI is InChI=1S/C19H30BClN6O2.ClH/c21-17-6-4-15(5-7-17)13-26-11-8-16(9-12-26)14-27-19(23-24-25-27)18(22)3-1-2-10-20(28)29;/h4-7,16,18,28-29H,1-3,8-14,22H2;1H. The van der Waals surface area contributed by atoms with Crippen LogP contribution in [-0.2, 0) is 13.1 Å². The molecule has 4 N–H and O–H groups in total. The van der Waals surface area contributed by atoms with Crippen molar-refractivity contribution in [2.24, 2.45) is 11.7 Å². The van der Waals surface area contributed by atoms with Crippen LogP contribution in [0.4, 0.5) is 0 Å². The molecule has 166 valence electrons. The summed E-state index contributed by atoms with van der Waals surface area (Å²) in [6, 6.07) is 7.83. The average Bonchev–Trinajstić information content (AvgIpc) is 3.16. The summed E-state index contributed by atoms with van der Waals surface area (Å²) in [5.74, 6) is 1.26. The Bertz CT molecular complexity index is 741. The first-order chi connectivity index (χ1) is 14.0. The van der Waals surface area contributed by atoms with Gasteiger partial charge in [-0.3, -0.25) is 4.90 Å². The summed E-state index contributed by atoms with van der Waals surface area (Å²) in [7, 11) is -1.25. The lowest BCUT2D eigenvalue weighted by atomic mass is 9.83. The third-order valence-corrected chi connectivity index (χ3v) is 5.83. The minimum Gasteiger partial charge on any atom is -0.427 e. The van der Waals surface area contributed by atoms with Crippen molar-refractivity contribution >= 4 is 31.1 Å². The molecule has 1 atom stereocenters. The number of hydrogen-bond acceptors (Lipinski definition) is 7. The summed E-state index contributed by atoms with van der Waals surface area (Å²) in [6.45, 7) is 3.86. The number of nitrogens with zero attached hydrogens (tertiary/aromatic N) is 5. The molecule has 0 saturated carbocycles. The van der Waals surface area contributed by atoms with Crippen LogP contribution < -0.4 is 5.73 Å². The number of likely N-dealkylation sites (tertiary alicyclic amines) is 1. The Morgan fingerprint density at radius 1 is 1.17 bits per heavy atom. The maximum atomic E-state index is 8.92. The first-order valence-corrected chi connectivity index (χ1v) is 10.7. The highest BCUT2D eigenvalue weighted by atomic mass is 35.5. The topological polar surface area (TPSA) is 113 Å².